The van der Waals surface area contributed by atoms with Crippen LogP contribution in [0, 0.1) is 17.2 Å². The lowest BCUT2D eigenvalue weighted by Crippen LogP contribution is -2.26. The number of aromatic nitrogens is 2. The number of rotatable bonds is 2. The van der Waals surface area contributed by atoms with Gasteiger partial charge in [-0.25, -0.2) is 0 Å². The quantitative estimate of drug-likeness (QED) is 0.830. The average Bonchev–Trinajstić information content (AvgIpc) is 2.94. The largest absolute Gasteiger partial charge is 0.267 e. The Balaban J connectivity index is 1.85. The van der Waals surface area contributed by atoms with E-state index in [1.54, 1.807) is 6.20 Å². The predicted octanol–water partition coefficient (Wildman–Crippen LogP) is 4.19. The molecule has 0 bridgehead atoms. The molecular formula is C16H16ClN3. The molecule has 0 radical (unpaired) electrons. The first-order valence-corrected chi connectivity index (χ1v) is 7.30. The average molecular weight is 286 g/mol. The van der Waals surface area contributed by atoms with Crippen molar-refractivity contribution in [2.45, 2.75) is 31.2 Å². The highest BCUT2D eigenvalue weighted by atomic mass is 35.5. The van der Waals surface area contributed by atoms with Crippen molar-refractivity contribution in [1.29, 1.82) is 5.26 Å². The molecule has 1 aromatic carbocycles. The summed E-state index contributed by atoms with van der Waals surface area (Å²) in [6.45, 7) is 0. The third-order valence-corrected chi connectivity index (χ3v) is 4.36. The van der Waals surface area contributed by atoms with Gasteiger partial charge in [-0.3, -0.25) is 4.68 Å². The Morgan fingerprint density at radius 1 is 1.25 bits per heavy atom. The van der Waals surface area contributed by atoms with E-state index in [9.17, 15) is 5.26 Å². The summed E-state index contributed by atoms with van der Waals surface area (Å²) in [4.78, 5) is 0. The van der Waals surface area contributed by atoms with Crippen molar-refractivity contribution >= 4 is 11.6 Å². The van der Waals surface area contributed by atoms with Crippen LogP contribution >= 0.6 is 11.6 Å². The Kier molecular flexibility index (Phi) is 3.75. The molecule has 3 nitrogen and oxygen atoms in total. The highest BCUT2D eigenvalue weighted by Crippen LogP contribution is 2.41. The molecule has 1 saturated carbocycles. The fourth-order valence-electron chi connectivity index (χ4n) is 3.11. The fraction of sp³-hybridized carbons (Fsp3) is 0.375. The van der Waals surface area contributed by atoms with Crippen LogP contribution in [0.5, 0.6) is 0 Å². The highest BCUT2D eigenvalue weighted by molar-refractivity contribution is 6.30. The van der Waals surface area contributed by atoms with E-state index in [1.807, 2.05) is 16.9 Å². The molecule has 0 spiro atoms. The molecule has 2 aromatic rings. The standard InChI is InChI=1S/C16H16ClN3/c17-15-10-19-20(11-15)16-8-13(6-7-14(16)9-18)12-4-2-1-3-5-12/h1-5,10-11,13-14,16H,6-8H2. The molecule has 3 unspecified atom stereocenters. The maximum atomic E-state index is 9.36. The van der Waals surface area contributed by atoms with Crippen molar-refractivity contribution in [1.82, 2.24) is 9.78 Å². The number of hydrogen-bond donors (Lipinski definition) is 0. The minimum atomic E-state index is 0.0194. The van der Waals surface area contributed by atoms with Crippen LogP contribution in [-0.4, -0.2) is 9.78 Å². The van der Waals surface area contributed by atoms with Crippen molar-refractivity contribution in [3.05, 3.63) is 53.3 Å². The summed E-state index contributed by atoms with van der Waals surface area (Å²) in [6.07, 6.45) is 6.39. The number of nitrogens with zero attached hydrogens (tertiary/aromatic N) is 3. The van der Waals surface area contributed by atoms with E-state index < -0.39 is 0 Å². The van der Waals surface area contributed by atoms with Gasteiger partial charge in [-0.2, -0.15) is 10.4 Å². The lowest BCUT2D eigenvalue weighted by molar-refractivity contribution is 0.246. The zero-order valence-electron chi connectivity index (χ0n) is 11.1. The second-order valence-electron chi connectivity index (χ2n) is 5.36. The minimum absolute atomic E-state index is 0.0194. The van der Waals surface area contributed by atoms with Crippen LogP contribution in [0.25, 0.3) is 0 Å². The molecule has 4 heteroatoms. The van der Waals surface area contributed by atoms with Crippen LogP contribution in [0.15, 0.2) is 42.7 Å². The normalized spacial score (nSPS) is 26.1. The molecule has 1 fully saturated rings. The second-order valence-corrected chi connectivity index (χ2v) is 5.80. The molecule has 1 aliphatic rings. The Morgan fingerprint density at radius 2 is 2.05 bits per heavy atom. The fourth-order valence-corrected chi connectivity index (χ4v) is 3.26. The van der Waals surface area contributed by atoms with E-state index >= 15 is 0 Å². The van der Waals surface area contributed by atoms with Crippen molar-refractivity contribution in [2.75, 3.05) is 0 Å². The van der Waals surface area contributed by atoms with E-state index in [2.05, 4.69) is 35.4 Å². The van der Waals surface area contributed by atoms with Crippen LogP contribution in [0.3, 0.4) is 0 Å². The molecule has 102 valence electrons. The maximum Gasteiger partial charge on any atom is 0.0785 e. The number of benzene rings is 1. The van der Waals surface area contributed by atoms with Gasteiger partial charge in [-0.15, -0.1) is 0 Å². The highest BCUT2D eigenvalue weighted by Gasteiger charge is 2.32. The Hall–Kier alpha value is -1.79. The molecule has 3 rings (SSSR count). The molecule has 0 saturated heterocycles. The first-order chi connectivity index (χ1) is 9.78. The van der Waals surface area contributed by atoms with Gasteiger partial charge in [0.25, 0.3) is 0 Å². The summed E-state index contributed by atoms with van der Waals surface area (Å²) < 4.78 is 1.87. The Morgan fingerprint density at radius 3 is 2.70 bits per heavy atom. The van der Waals surface area contributed by atoms with E-state index in [0.29, 0.717) is 10.9 Å². The number of halogens is 1. The monoisotopic (exact) mass is 285 g/mol. The molecule has 0 N–H and O–H groups in total. The van der Waals surface area contributed by atoms with Crippen LogP contribution in [0.2, 0.25) is 5.02 Å². The third kappa shape index (κ3) is 2.57. The minimum Gasteiger partial charge on any atom is -0.267 e. The molecule has 3 atom stereocenters. The number of hydrogen-bond acceptors (Lipinski definition) is 2. The van der Waals surface area contributed by atoms with Gasteiger partial charge in [0.15, 0.2) is 0 Å². The zero-order valence-corrected chi connectivity index (χ0v) is 11.9. The van der Waals surface area contributed by atoms with Crippen molar-refractivity contribution in [2.24, 2.45) is 5.92 Å². The summed E-state index contributed by atoms with van der Waals surface area (Å²) in [5.41, 5.74) is 1.35. The molecule has 20 heavy (non-hydrogen) atoms. The molecule has 1 aromatic heterocycles. The third-order valence-electron chi connectivity index (χ3n) is 4.16. The first kappa shape index (κ1) is 13.2. The van der Waals surface area contributed by atoms with E-state index in [-0.39, 0.29) is 12.0 Å². The molecule has 0 amide bonds. The van der Waals surface area contributed by atoms with Gasteiger partial charge in [0.2, 0.25) is 0 Å². The van der Waals surface area contributed by atoms with Crippen LogP contribution in [0.1, 0.15) is 36.8 Å². The van der Waals surface area contributed by atoms with E-state index in [1.165, 1.54) is 5.56 Å². The summed E-state index contributed by atoms with van der Waals surface area (Å²) in [5, 5.41) is 14.3. The van der Waals surface area contributed by atoms with E-state index in [4.69, 9.17) is 11.6 Å². The van der Waals surface area contributed by atoms with E-state index in [0.717, 1.165) is 19.3 Å². The zero-order chi connectivity index (χ0) is 13.9. The molecule has 1 aliphatic carbocycles. The summed E-state index contributed by atoms with van der Waals surface area (Å²) in [5.74, 6) is 0.514. The Bertz CT molecular complexity index is 614. The van der Waals surface area contributed by atoms with Gasteiger partial charge in [0.05, 0.1) is 29.2 Å². The summed E-state index contributed by atoms with van der Waals surface area (Å²) in [7, 11) is 0. The summed E-state index contributed by atoms with van der Waals surface area (Å²) >= 11 is 5.96. The lowest BCUT2D eigenvalue weighted by atomic mass is 9.76. The van der Waals surface area contributed by atoms with Crippen LogP contribution in [0.4, 0.5) is 0 Å². The first-order valence-electron chi connectivity index (χ1n) is 6.92. The van der Waals surface area contributed by atoms with Gasteiger partial charge in [0.1, 0.15) is 0 Å². The van der Waals surface area contributed by atoms with Gasteiger partial charge < -0.3 is 0 Å². The second kappa shape index (κ2) is 5.68. The topological polar surface area (TPSA) is 41.6 Å². The Labute approximate surface area is 123 Å². The van der Waals surface area contributed by atoms with Crippen LogP contribution < -0.4 is 0 Å². The van der Waals surface area contributed by atoms with Gasteiger partial charge in [0, 0.05) is 6.20 Å². The summed E-state index contributed by atoms with van der Waals surface area (Å²) in [6, 6.07) is 13.1. The van der Waals surface area contributed by atoms with Gasteiger partial charge in [-0.1, -0.05) is 41.9 Å². The number of nitriles is 1. The molecular weight excluding hydrogens is 270 g/mol. The van der Waals surface area contributed by atoms with Crippen molar-refractivity contribution < 1.29 is 0 Å². The SMILES string of the molecule is N#CC1CCC(c2ccccc2)CC1n1cc(Cl)cn1. The predicted molar refractivity (Wildman–Crippen MR) is 78.4 cm³/mol. The maximum absolute atomic E-state index is 9.36. The van der Waals surface area contributed by atoms with Crippen molar-refractivity contribution in [3.63, 3.8) is 0 Å². The molecule has 0 aliphatic heterocycles. The molecule has 1 heterocycles. The lowest BCUT2D eigenvalue weighted by Gasteiger charge is -2.33. The van der Waals surface area contributed by atoms with Crippen LogP contribution in [-0.2, 0) is 0 Å². The van der Waals surface area contributed by atoms with Gasteiger partial charge in [-0.05, 0) is 30.7 Å². The smallest absolute Gasteiger partial charge is 0.0785 e. The van der Waals surface area contributed by atoms with Gasteiger partial charge >= 0.3 is 0 Å². The van der Waals surface area contributed by atoms with Crippen molar-refractivity contribution in [3.8, 4) is 6.07 Å².